The van der Waals surface area contributed by atoms with Gasteiger partial charge in [-0.3, -0.25) is 4.98 Å². The van der Waals surface area contributed by atoms with E-state index >= 15 is 0 Å². The first-order valence-electron chi connectivity index (χ1n) is 5.19. The molecular formula is C11H15BrN2O2. The van der Waals surface area contributed by atoms with Crippen molar-refractivity contribution in [3.63, 3.8) is 0 Å². The summed E-state index contributed by atoms with van der Waals surface area (Å²) in [5.74, 6) is 0.728. The van der Waals surface area contributed by atoms with Crippen molar-refractivity contribution in [2.75, 3.05) is 13.7 Å². The Kier molecular flexibility index (Phi) is 3.19. The van der Waals surface area contributed by atoms with Crippen molar-refractivity contribution in [3.05, 3.63) is 22.4 Å². The van der Waals surface area contributed by atoms with Crippen molar-refractivity contribution in [1.29, 1.82) is 0 Å². The van der Waals surface area contributed by atoms with E-state index in [1.54, 1.807) is 19.5 Å². The Balaban J connectivity index is 2.46. The third kappa shape index (κ3) is 1.73. The minimum Gasteiger partial charge on any atom is -0.495 e. The molecule has 88 valence electrons. The van der Waals surface area contributed by atoms with Crippen LogP contribution >= 0.6 is 15.9 Å². The first kappa shape index (κ1) is 11.8. The molecule has 16 heavy (non-hydrogen) atoms. The molecule has 5 heteroatoms. The van der Waals surface area contributed by atoms with Crippen LogP contribution in [0, 0.1) is 0 Å². The molecule has 1 aliphatic rings. The van der Waals surface area contributed by atoms with Gasteiger partial charge in [0.05, 0.1) is 19.4 Å². The Labute approximate surface area is 103 Å². The van der Waals surface area contributed by atoms with E-state index in [-0.39, 0.29) is 11.5 Å². The molecule has 0 atom stereocenters. The molecule has 1 aliphatic carbocycles. The number of rotatable bonds is 3. The average molecular weight is 287 g/mol. The fourth-order valence-electron chi connectivity index (χ4n) is 2.40. The molecule has 1 aromatic rings. The molecule has 0 amide bonds. The molecule has 0 unspecified atom stereocenters. The zero-order chi connectivity index (χ0) is 11.8. The number of aromatic nitrogens is 1. The summed E-state index contributed by atoms with van der Waals surface area (Å²) in [4.78, 5) is 4.07. The van der Waals surface area contributed by atoms with Gasteiger partial charge in [0.15, 0.2) is 0 Å². The molecule has 0 spiro atoms. The summed E-state index contributed by atoms with van der Waals surface area (Å²) in [6.07, 6.45) is 4.53. The van der Waals surface area contributed by atoms with E-state index in [2.05, 4.69) is 20.9 Å². The Bertz CT molecular complexity index is 392. The topological polar surface area (TPSA) is 68.4 Å². The van der Waals surface area contributed by atoms with Crippen molar-refractivity contribution in [2.45, 2.75) is 24.4 Å². The van der Waals surface area contributed by atoms with Crippen LogP contribution < -0.4 is 10.5 Å². The highest BCUT2D eigenvalue weighted by molar-refractivity contribution is 9.10. The molecule has 3 N–H and O–H groups in total. The summed E-state index contributed by atoms with van der Waals surface area (Å²) in [5.41, 5.74) is 6.70. The van der Waals surface area contributed by atoms with Crippen molar-refractivity contribution < 1.29 is 9.84 Å². The number of aliphatic hydroxyl groups excluding tert-OH is 1. The first-order valence-corrected chi connectivity index (χ1v) is 5.98. The van der Waals surface area contributed by atoms with Crippen molar-refractivity contribution >= 4 is 15.9 Å². The van der Waals surface area contributed by atoms with Crippen molar-refractivity contribution in [2.24, 2.45) is 5.73 Å². The van der Waals surface area contributed by atoms with Gasteiger partial charge in [-0.05, 0) is 28.8 Å². The third-order valence-corrected chi connectivity index (χ3v) is 3.86. The standard InChI is InChI=1S/C11H15BrN2O2/c1-16-9-5-14-4-8(12)10(9)11(6-13)2-7(15)3-11/h4-5,7,15H,2-3,6,13H2,1H3. The van der Waals surface area contributed by atoms with Crippen LogP contribution in [-0.2, 0) is 5.41 Å². The predicted molar refractivity (Wildman–Crippen MR) is 64.5 cm³/mol. The lowest BCUT2D eigenvalue weighted by Gasteiger charge is -2.45. The molecule has 0 radical (unpaired) electrons. The molecule has 1 aromatic heterocycles. The Morgan fingerprint density at radius 2 is 2.31 bits per heavy atom. The van der Waals surface area contributed by atoms with E-state index in [0.29, 0.717) is 19.4 Å². The van der Waals surface area contributed by atoms with Gasteiger partial charge in [0.2, 0.25) is 0 Å². The van der Waals surface area contributed by atoms with Gasteiger partial charge in [-0.25, -0.2) is 0 Å². The number of pyridine rings is 1. The van der Waals surface area contributed by atoms with Gasteiger partial charge in [0.25, 0.3) is 0 Å². The van der Waals surface area contributed by atoms with Gasteiger partial charge in [0, 0.05) is 28.2 Å². The van der Waals surface area contributed by atoms with Crippen molar-refractivity contribution in [1.82, 2.24) is 4.98 Å². The number of nitrogens with zero attached hydrogens (tertiary/aromatic N) is 1. The zero-order valence-corrected chi connectivity index (χ0v) is 10.7. The summed E-state index contributed by atoms with van der Waals surface area (Å²) < 4.78 is 6.21. The Morgan fingerprint density at radius 3 is 2.81 bits per heavy atom. The van der Waals surface area contributed by atoms with Crippen LogP contribution in [0.3, 0.4) is 0 Å². The number of nitrogens with two attached hydrogens (primary N) is 1. The van der Waals surface area contributed by atoms with Gasteiger partial charge >= 0.3 is 0 Å². The highest BCUT2D eigenvalue weighted by Gasteiger charge is 2.46. The van der Waals surface area contributed by atoms with Crippen LogP contribution in [0.25, 0.3) is 0 Å². The molecule has 0 saturated heterocycles. The predicted octanol–water partition coefficient (Wildman–Crippen LogP) is 1.20. The SMILES string of the molecule is COc1cncc(Br)c1C1(CN)CC(O)C1. The maximum absolute atomic E-state index is 9.50. The normalized spacial score (nSPS) is 28.6. The summed E-state index contributed by atoms with van der Waals surface area (Å²) in [5, 5.41) is 9.50. The maximum atomic E-state index is 9.50. The summed E-state index contributed by atoms with van der Waals surface area (Å²) in [6, 6.07) is 0. The lowest BCUT2D eigenvalue weighted by atomic mass is 9.62. The minimum absolute atomic E-state index is 0.174. The second-order valence-electron chi connectivity index (χ2n) is 4.25. The smallest absolute Gasteiger partial charge is 0.142 e. The molecule has 1 fully saturated rings. The van der Waals surface area contributed by atoms with Gasteiger partial charge in [-0.15, -0.1) is 0 Å². The molecular weight excluding hydrogens is 272 g/mol. The van der Waals surface area contributed by atoms with Gasteiger partial charge in [-0.2, -0.15) is 0 Å². The highest BCUT2D eigenvalue weighted by Crippen LogP contribution is 2.48. The monoisotopic (exact) mass is 286 g/mol. The van der Waals surface area contributed by atoms with Crippen LogP contribution in [0.2, 0.25) is 0 Å². The van der Waals surface area contributed by atoms with Crippen LogP contribution in [0.15, 0.2) is 16.9 Å². The van der Waals surface area contributed by atoms with Crippen molar-refractivity contribution in [3.8, 4) is 5.75 Å². The molecule has 0 aliphatic heterocycles. The lowest BCUT2D eigenvalue weighted by Crippen LogP contribution is -2.50. The number of aliphatic hydroxyl groups is 1. The van der Waals surface area contributed by atoms with E-state index < -0.39 is 0 Å². The zero-order valence-electron chi connectivity index (χ0n) is 9.11. The third-order valence-electron chi connectivity index (χ3n) is 3.26. The fraction of sp³-hybridized carbons (Fsp3) is 0.545. The van der Waals surface area contributed by atoms with Crippen LogP contribution in [0.4, 0.5) is 0 Å². The summed E-state index contributed by atoms with van der Waals surface area (Å²) >= 11 is 3.48. The number of hydrogen-bond donors (Lipinski definition) is 2. The molecule has 1 heterocycles. The number of ether oxygens (including phenoxy) is 1. The number of hydrogen-bond acceptors (Lipinski definition) is 4. The van der Waals surface area contributed by atoms with E-state index in [1.807, 2.05) is 0 Å². The van der Waals surface area contributed by atoms with E-state index in [4.69, 9.17) is 10.5 Å². The van der Waals surface area contributed by atoms with Gasteiger partial charge < -0.3 is 15.6 Å². The minimum atomic E-state index is -0.256. The second-order valence-corrected chi connectivity index (χ2v) is 5.10. The van der Waals surface area contributed by atoms with Gasteiger partial charge in [-0.1, -0.05) is 0 Å². The van der Waals surface area contributed by atoms with E-state index in [0.717, 1.165) is 15.8 Å². The largest absolute Gasteiger partial charge is 0.495 e. The average Bonchev–Trinajstić information content (AvgIpc) is 2.24. The molecule has 1 saturated carbocycles. The summed E-state index contributed by atoms with van der Waals surface area (Å²) in [7, 11) is 1.62. The van der Waals surface area contributed by atoms with E-state index in [1.165, 1.54) is 0 Å². The lowest BCUT2D eigenvalue weighted by molar-refractivity contribution is 0.0207. The highest BCUT2D eigenvalue weighted by atomic mass is 79.9. The van der Waals surface area contributed by atoms with Crippen LogP contribution in [0.1, 0.15) is 18.4 Å². The Hall–Kier alpha value is -0.650. The Morgan fingerprint density at radius 1 is 1.62 bits per heavy atom. The molecule has 4 nitrogen and oxygen atoms in total. The van der Waals surface area contributed by atoms with Crippen LogP contribution in [0.5, 0.6) is 5.75 Å². The first-order chi connectivity index (χ1) is 7.63. The quantitative estimate of drug-likeness (QED) is 0.876. The van der Waals surface area contributed by atoms with E-state index in [9.17, 15) is 5.11 Å². The second kappa shape index (κ2) is 4.31. The molecule has 2 rings (SSSR count). The fourth-order valence-corrected chi connectivity index (χ4v) is 3.14. The maximum Gasteiger partial charge on any atom is 0.142 e. The van der Waals surface area contributed by atoms with Gasteiger partial charge in [0.1, 0.15) is 5.75 Å². The summed E-state index contributed by atoms with van der Waals surface area (Å²) in [6.45, 7) is 0.503. The number of methoxy groups -OCH3 is 1. The van der Waals surface area contributed by atoms with Crippen LogP contribution in [-0.4, -0.2) is 29.8 Å². The number of halogens is 1. The molecule has 0 bridgehead atoms. The molecule has 0 aromatic carbocycles.